The second-order valence-electron chi connectivity index (χ2n) is 7.69. The van der Waals surface area contributed by atoms with Crippen LogP contribution in [0.2, 0.25) is 5.02 Å². The number of nitrogens with two attached hydrogens (primary N) is 1. The Labute approximate surface area is 186 Å². The lowest BCUT2D eigenvalue weighted by Gasteiger charge is -2.25. The van der Waals surface area contributed by atoms with Crippen LogP contribution in [0.1, 0.15) is 32.4 Å². The molecule has 170 valence electrons. The van der Waals surface area contributed by atoms with Crippen molar-refractivity contribution in [2.75, 3.05) is 37.4 Å². The number of nitrogens with one attached hydrogen (secondary N) is 2. The number of nitrogens with zero attached hydrogens (tertiary/aromatic N) is 2. The number of benzene rings is 1. The third kappa shape index (κ3) is 6.43. The number of aromatic nitrogens is 2. The zero-order valence-electron chi connectivity index (χ0n) is 18.3. The first-order valence-corrected chi connectivity index (χ1v) is 10.4. The van der Waals surface area contributed by atoms with Gasteiger partial charge in [0, 0.05) is 31.3 Å². The van der Waals surface area contributed by atoms with Crippen LogP contribution in [-0.2, 0) is 16.1 Å². The molecular weight excluding hydrogens is 422 g/mol. The number of nitrogen functional groups attached to an aromatic ring is 1. The van der Waals surface area contributed by atoms with Gasteiger partial charge in [0.05, 0.1) is 13.2 Å². The van der Waals surface area contributed by atoms with Gasteiger partial charge in [-0.25, -0.2) is 4.79 Å². The van der Waals surface area contributed by atoms with E-state index in [-0.39, 0.29) is 49.1 Å². The number of hydrogen-bond donors (Lipinski definition) is 3. The maximum Gasteiger partial charge on any atom is 0.330 e. The Morgan fingerprint density at radius 2 is 1.90 bits per heavy atom. The fourth-order valence-electron chi connectivity index (χ4n) is 3.13. The maximum atomic E-state index is 13.1. The van der Waals surface area contributed by atoms with Crippen LogP contribution in [0, 0.1) is 5.92 Å². The summed E-state index contributed by atoms with van der Waals surface area (Å²) in [5.74, 6) is -0.300. The van der Waals surface area contributed by atoms with Gasteiger partial charge >= 0.3 is 5.69 Å². The van der Waals surface area contributed by atoms with Gasteiger partial charge in [0.15, 0.2) is 5.69 Å². The van der Waals surface area contributed by atoms with Gasteiger partial charge < -0.3 is 20.7 Å². The summed E-state index contributed by atoms with van der Waals surface area (Å²) in [7, 11) is 1.50. The Hall–Kier alpha value is -2.62. The van der Waals surface area contributed by atoms with E-state index in [1.807, 2.05) is 32.9 Å². The van der Waals surface area contributed by atoms with Crippen molar-refractivity contribution in [2.45, 2.75) is 33.4 Å². The lowest BCUT2D eigenvalue weighted by Crippen LogP contribution is -2.46. The number of methoxy groups -OCH3 is 1. The molecule has 2 aromatic rings. The number of H-pyrrole nitrogens is 1. The van der Waals surface area contributed by atoms with E-state index in [0.717, 1.165) is 5.56 Å². The number of amides is 1. The Morgan fingerprint density at radius 3 is 2.48 bits per heavy atom. The first kappa shape index (κ1) is 24.6. The van der Waals surface area contributed by atoms with Crippen LogP contribution in [0.5, 0.6) is 0 Å². The van der Waals surface area contributed by atoms with E-state index in [4.69, 9.17) is 22.1 Å². The fraction of sp³-hybridized carbons (Fsp3) is 0.476. The lowest BCUT2D eigenvalue weighted by molar-refractivity contribution is -0.118. The topological polar surface area (TPSA) is 122 Å². The highest BCUT2D eigenvalue weighted by molar-refractivity contribution is 6.30. The first-order chi connectivity index (χ1) is 14.6. The molecule has 0 aliphatic heterocycles. The summed E-state index contributed by atoms with van der Waals surface area (Å²) in [6.07, 6.45) is 0. The zero-order chi connectivity index (χ0) is 23.1. The normalized spacial score (nSPS) is 12.2. The summed E-state index contributed by atoms with van der Waals surface area (Å²) in [4.78, 5) is 41.4. The smallest absolute Gasteiger partial charge is 0.330 e. The number of ether oxygens (including phenoxy) is 1. The van der Waals surface area contributed by atoms with Crippen LogP contribution >= 0.6 is 11.6 Å². The number of aromatic amines is 1. The maximum absolute atomic E-state index is 13.1. The highest BCUT2D eigenvalue weighted by atomic mass is 35.5. The van der Waals surface area contributed by atoms with Crippen molar-refractivity contribution >= 4 is 29.0 Å². The van der Waals surface area contributed by atoms with Gasteiger partial charge in [-0.1, -0.05) is 37.6 Å². The van der Waals surface area contributed by atoms with Crippen LogP contribution in [0.15, 0.2) is 33.9 Å². The number of carbonyl (C=O) groups is 1. The van der Waals surface area contributed by atoms with Crippen LogP contribution in [-0.4, -0.2) is 42.3 Å². The van der Waals surface area contributed by atoms with E-state index in [9.17, 15) is 14.4 Å². The molecule has 0 bridgehead atoms. The van der Waals surface area contributed by atoms with Gasteiger partial charge in [0.2, 0.25) is 5.91 Å². The van der Waals surface area contributed by atoms with E-state index < -0.39 is 11.2 Å². The summed E-state index contributed by atoms with van der Waals surface area (Å²) in [6, 6.07) is 7.17. The van der Waals surface area contributed by atoms with Crippen molar-refractivity contribution in [1.82, 2.24) is 14.9 Å². The van der Waals surface area contributed by atoms with Gasteiger partial charge in [-0.05, 0) is 30.5 Å². The summed E-state index contributed by atoms with van der Waals surface area (Å²) in [5.41, 5.74) is 5.78. The molecule has 0 saturated heterocycles. The summed E-state index contributed by atoms with van der Waals surface area (Å²) in [6.45, 7) is 6.33. The van der Waals surface area contributed by atoms with Crippen molar-refractivity contribution in [2.24, 2.45) is 5.92 Å². The van der Waals surface area contributed by atoms with Gasteiger partial charge in [-0.15, -0.1) is 0 Å². The second-order valence-corrected chi connectivity index (χ2v) is 8.13. The van der Waals surface area contributed by atoms with Crippen molar-refractivity contribution < 1.29 is 9.53 Å². The van der Waals surface area contributed by atoms with Gasteiger partial charge in [0.1, 0.15) is 5.82 Å². The largest absolute Gasteiger partial charge is 0.383 e. The number of halogens is 1. The highest BCUT2D eigenvalue weighted by Crippen LogP contribution is 2.19. The fourth-order valence-corrected chi connectivity index (χ4v) is 3.26. The van der Waals surface area contributed by atoms with E-state index in [2.05, 4.69) is 10.3 Å². The molecule has 0 fully saturated rings. The molecule has 0 radical (unpaired) electrons. The van der Waals surface area contributed by atoms with Crippen LogP contribution in [0.4, 0.5) is 11.5 Å². The van der Waals surface area contributed by atoms with E-state index in [1.54, 1.807) is 12.1 Å². The monoisotopic (exact) mass is 451 g/mol. The summed E-state index contributed by atoms with van der Waals surface area (Å²) < 4.78 is 6.38. The van der Waals surface area contributed by atoms with Gasteiger partial charge in [0.25, 0.3) is 5.56 Å². The Kier molecular flexibility index (Phi) is 8.85. The SMILES string of the molecule is COCCN(C(=O)CN[C@@H](C)c1ccc(Cl)cc1)c1c(N)n(CC(C)C)c(=O)[nH]c1=O. The van der Waals surface area contributed by atoms with E-state index in [1.165, 1.54) is 16.6 Å². The number of hydrogen-bond acceptors (Lipinski definition) is 6. The molecule has 1 aromatic heterocycles. The van der Waals surface area contributed by atoms with E-state index >= 15 is 0 Å². The molecule has 1 atom stereocenters. The molecule has 0 saturated carbocycles. The molecule has 9 nitrogen and oxygen atoms in total. The standard InChI is InChI=1S/C21H30ClN5O4/c1-13(2)12-27-19(23)18(20(29)25-21(27)30)26(9-10-31-4)17(28)11-24-14(3)15-5-7-16(22)8-6-15/h5-8,13-14,24H,9-12,23H2,1-4H3,(H,25,29,30)/t14-/m0/s1. The van der Waals surface area contributed by atoms with Crippen LogP contribution < -0.4 is 27.2 Å². The van der Waals surface area contributed by atoms with Crippen molar-refractivity contribution in [3.8, 4) is 0 Å². The molecule has 1 aromatic carbocycles. The van der Waals surface area contributed by atoms with Crippen molar-refractivity contribution in [3.63, 3.8) is 0 Å². The minimum absolute atomic E-state index is 0.0438. The molecule has 4 N–H and O–H groups in total. The molecule has 10 heteroatoms. The third-order valence-corrected chi connectivity index (χ3v) is 5.03. The van der Waals surface area contributed by atoms with E-state index in [0.29, 0.717) is 11.6 Å². The second kappa shape index (κ2) is 11.1. The molecule has 1 heterocycles. The van der Waals surface area contributed by atoms with Gasteiger partial charge in [-0.3, -0.25) is 19.1 Å². The van der Waals surface area contributed by atoms with Crippen LogP contribution in [0.25, 0.3) is 0 Å². The average molecular weight is 452 g/mol. The van der Waals surface area contributed by atoms with Crippen LogP contribution in [0.3, 0.4) is 0 Å². The molecule has 0 spiro atoms. The molecule has 0 aliphatic rings. The molecule has 0 unspecified atom stereocenters. The number of rotatable bonds is 10. The predicted molar refractivity (Wildman–Crippen MR) is 123 cm³/mol. The quantitative estimate of drug-likeness (QED) is 0.506. The third-order valence-electron chi connectivity index (χ3n) is 4.78. The number of carbonyl (C=O) groups excluding carboxylic acids is 1. The molecular formula is C21H30ClN5O4. The molecule has 1 amide bonds. The molecule has 31 heavy (non-hydrogen) atoms. The Morgan fingerprint density at radius 1 is 1.26 bits per heavy atom. The zero-order valence-corrected chi connectivity index (χ0v) is 19.0. The average Bonchev–Trinajstić information content (AvgIpc) is 2.71. The highest BCUT2D eigenvalue weighted by Gasteiger charge is 2.24. The first-order valence-electron chi connectivity index (χ1n) is 10.1. The summed E-state index contributed by atoms with van der Waals surface area (Å²) >= 11 is 5.92. The number of anilines is 2. The summed E-state index contributed by atoms with van der Waals surface area (Å²) in [5, 5.41) is 3.77. The molecule has 0 aliphatic carbocycles. The van der Waals surface area contributed by atoms with Crippen molar-refractivity contribution in [3.05, 3.63) is 55.7 Å². The lowest BCUT2D eigenvalue weighted by atomic mass is 10.1. The Balaban J connectivity index is 2.30. The Bertz CT molecular complexity index is 1000. The minimum atomic E-state index is -0.710. The van der Waals surface area contributed by atoms with Gasteiger partial charge in [-0.2, -0.15) is 0 Å². The predicted octanol–water partition coefficient (Wildman–Crippen LogP) is 1.76. The molecule has 2 rings (SSSR count). The van der Waals surface area contributed by atoms with Crippen molar-refractivity contribution in [1.29, 1.82) is 0 Å². The minimum Gasteiger partial charge on any atom is -0.383 e.